The highest BCUT2D eigenvalue weighted by atomic mass is 15.0. The van der Waals surface area contributed by atoms with Gasteiger partial charge in [-0.2, -0.15) is 0 Å². The van der Waals surface area contributed by atoms with E-state index in [1.165, 1.54) is 44.2 Å². The third-order valence-electron chi connectivity index (χ3n) is 11.1. The van der Waals surface area contributed by atoms with E-state index in [1.54, 1.807) is 0 Å². The second kappa shape index (κ2) is 13.1. The highest BCUT2D eigenvalue weighted by Crippen LogP contribution is 2.52. The fourth-order valence-corrected chi connectivity index (χ4v) is 8.08. The predicted molar refractivity (Wildman–Crippen MR) is 225 cm³/mol. The Bertz CT molecular complexity index is 2860. The van der Waals surface area contributed by atoms with E-state index in [1.807, 2.05) is 54.9 Å². The van der Waals surface area contributed by atoms with Crippen molar-refractivity contribution in [3.63, 3.8) is 0 Å². The molecule has 260 valence electrons. The molecule has 9 aromatic rings. The van der Waals surface area contributed by atoms with Gasteiger partial charge in [0.2, 0.25) is 0 Å². The number of hydrogen-bond acceptors (Lipinski definition) is 4. The Morgan fingerprint density at radius 2 is 0.855 bits per heavy atom. The molecule has 10 rings (SSSR count). The van der Waals surface area contributed by atoms with Gasteiger partial charge in [0, 0.05) is 34.5 Å². The van der Waals surface area contributed by atoms with Crippen LogP contribution in [-0.2, 0) is 5.41 Å². The Morgan fingerprint density at radius 1 is 0.364 bits per heavy atom. The summed E-state index contributed by atoms with van der Waals surface area (Å²) in [5.74, 6) is 1.91. The van der Waals surface area contributed by atoms with Gasteiger partial charge in [-0.3, -0.25) is 4.98 Å². The first-order valence-corrected chi connectivity index (χ1v) is 18.7. The van der Waals surface area contributed by atoms with Crippen molar-refractivity contribution in [2.24, 2.45) is 0 Å². The number of pyridine rings is 1. The van der Waals surface area contributed by atoms with E-state index in [0.29, 0.717) is 17.5 Å². The van der Waals surface area contributed by atoms with Crippen LogP contribution >= 0.6 is 0 Å². The maximum absolute atomic E-state index is 5.00. The minimum atomic E-state index is -0.0864. The van der Waals surface area contributed by atoms with E-state index in [0.717, 1.165) is 38.9 Å². The summed E-state index contributed by atoms with van der Waals surface area (Å²) in [6, 6.07) is 60.2. The lowest BCUT2D eigenvalue weighted by Gasteiger charge is -2.22. The molecule has 0 atom stereocenters. The molecule has 4 heteroatoms. The number of fused-ring (bicyclic) bond motifs is 5. The van der Waals surface area contributed by atoms with Gasteiger partial charge in [0.05, 0.1) is 0 Å². The SMILES string of the molecule is CC1(C)c2cc(-c3cccc(-c4ccc(-c5nc(-c6ccccc6)nc(-c6ccc(-c7ccncc7)cc6)n5)cc4)c3)ccc2-c2c1ccc1ccccc21. The largest absolute Gasteiger partial charge is 0.265 e. The zero-order chi connectivity index (χ0) is 36.9. The highest BCUT2D eigenvalue weighted by molar-refractivity contribution is 6.02. The van der Waals surface area contributed by atoms with Crippen LogP contribution in [-0.4, -0.2) is 19.9 Å². The van der Waals surface area contributed by atoms with Crippen LogP contribution in [0.1, 0.15) is 25.0 Å². The third kappa shape index (κ3) is 5.80. The zero-order valence-corrected chi connectivity index (χ0v) is 30.6. The summed E-state index contributed by atoms with van der Waals surface area (Å²) in [5.41, 5.74) is 15.2. The van der Waals surface area contributed by atoms with Crippen LogP contribution in [0.3, 0.4) is 0 Å². The molecule has 0 bridgehead atoms. The Labute approximate surface area is 320 Å². The number of hydrogen-bond donors (Lipinski definition) is 0. The maximum atomic E-state index is 5.00. The monoisotopic (exact) mass is 704 g/mol. The van der Waals surface area contributed by atoms with Crippen molar-refractivity contribution >= 4 is 10.8 Å². The number of benzene rings is 7. The standard InChI is InChI=1S/C51H36N4/c1-51(2)45-26-24-36-9-6-7-14-43(36)47(45)44-25-23-42(32-46(44)51)41-13-8-12-40(31-41)34-17-21-39(22-18-34)50-54-48(37-10-4-3-5-11-37)53-49(55-50)38-19-15-33(16-20-38)35-27-29-52-30-28-35/h3-32H,1-2H3. The van der Waals surface area contributed by atoms with Gasteiger partial charge < -0.3 is 0 Å². The van der Waals surface area contributed by atoms with E-state index < -0.39 is 0 Å². The van der Waals surface area contributed by atoms with Gasteiger partial charge in [-0.25, -0.2) is 15.0 Å². The van der Waals surface area contributed by atoms with E-state index in [4.69, 9.17) is 15.0 Å². The smallest absolute Gasteiger partial charge is 0.164 e. The molecule has 0 aliphatic heterocycles. The van der Waals surface area contributed by atoms with E-state index in [-0.39, 0.29) is 5.41 Å². The van der Waals surface area contributed by atoms with E-state index in [2.05, 4.69) is 146 Å². The topological polar surface area (TPSA) is 51.6 Å². The molecule has 0 saturated heterocycles. The number of rotatable bonds is 6. The molecule has 0 spiro atoms. The molecule has 0 N–H and O–H groups in total. The highest BCUT2D eigenvalue weighted by Gasteiger charge is 2.36. The molecule has 1 aliphatic rings. The first kappa shape index (κ1) is 32.6. The molecule has 2 aromatic heterocycles. The fourth-order valence-electron chi connectivity index (χ4n) is 8.08. The molecule has 0 radical (unpaired) electrons. The van der Waals surface area contributed by atoms with Gasteiger partial charge in [-0.15, -0.1) is 0 Å². The quantitative estimate of drug-likeness (QED) is 0.173. The molecular weight excluding hydrogens is 669 g/mol. The van der Waals surface area contributed by atoms with Crippen molar-refractivity contribution in [2.45, 2.75) is 19.3 Å². The van der Waals surface area contributed by atoms with Gasteiger partial charge in [-0.1, -0.05) is 159 Å². The van der Waals surface area contributed by atoms with Gasteiger partial charge >= 0.3 is 0 Å². The predicted octanol–water partition coefficient (Wildman–Crippen LogP) is 12.7. The fraction of sp³-hybridized carbons (Fsp3) is 0.0588. The summed E-state index contributed by atoms with van der Waals surface area (Å²) in [4.78, 5) is 19.0. The van der Waals surface area contributed by atoms with Crippen LogP contribution in [0.4, 0.5) is 0 Å². The van der Waals surface area contributed by atoms with Crippen molar-refractivity contribution in [1.82, 2.24) is 19.9 Å². The lowest BCUT2D eigenvalue weighted by atomic mass is 9.81. The summed E-state index contributed by atoms with van der Waals surface area (Å²) < 4.78 is 0. The molecule has 0 amide bonds. The first-order chi connectivity index (χ1) is 27.0. The normalized spacial score (nSPS) is 12.7. The summed E-state index contributed by atoms with van der Waals surface area (Å²) in [5, 5.41) is 2.61. The van der Waals surface area contributed by atoms with Crippen molar-refractivity contribution < 1.29 is 0 Å². The molecule has 55 heavy (non-hydrogen) atoms. The number of aromatic nitrogens is 4. The molecule has 1 aliphatic carbocycles. The number of nitrogens with zero attached hydrogens (tertiary/aromatic N) is 4. The molecular formula is C51H36N4. The Balaban J connectivity index is 0.976. The van der Waals surface area contributed by atoms with Gasteiger partial charge in [0.15, 0.2) is 17.5 Å². The van der Waals surface area contributed by atoms with Crippen LogP contribution in [0, 0.1) is 0 Å². The molecule has 4 nitrogen and oxygen atoms in total. The summed E-state index contributed by atoms with van der Waals surface area (Å²) in [7, 11) is 0. The summed E-state index contributed by atoms with van der Waals surface area (Å²) in [6.07, 6.45) is 3.62. The van der Waals surface area contributed by atoms with Crippen molar-refractivity contribution in [3.8, 4) is 78.7 Å². The van der Waals surface area contributed by atoms with Crippen LogP contribution in [0.2, 0.25) is 0 Å². The molecule has 0 saturated carbocycles. The molecule has 0 unspecified atom stereocenters. The zero-order valence-electron chi connectivity index (χ0n) is 30.6. The third-order valence-corrected chi connectivity index (χ3v) is 11.1. The Morgan fingerprint density at radius 3 is 1.53 bits per heavy atom. The van der Waals surface area contributed by atoms with E-state index in [9.17, 15) is 0 Å². The Hall–Kier alpha value is -7.04. The minimum Gasteiger partial charge on any atom is -0.265 e. The van der Waals surface area contributed by atoms with Crippen LogP contribution in [0.15, 0.2) is 182 Å². The lowest BCUT2D eigenvalue weighted by molar-refractivity contribution is 0.661. The average molecular weight is 705 g/mol. The first-order valence-electron chi connectivity index (χ1n) is 18.7. The van der Waals surface area contributed by atoms with Gasteiger partial charge in [0.1, 0.15) is 0 Å². The molecule has 2 heterocycles. The minimum absolute atomic E-state index is 0.0864. The molecule has 7 aromatic carbocycles. The molecule has 0 fully saturated rings. The second-order valence-electron chi connectivity index (χ2n) is 14.7. The van der Waals surface area contributed by atoms with E-state index >= 15 is 0 Å². The van der Waals surface area contributed by atoms with Gasteiger partial charge in [0.25, 0.3) is 0 Å². The maximum Gasteiger partial charge on any atom is 0.164 e. The van der Waals surface area contributed by atoms with Crippen molar-refractivity contribution in [3.05, 3.63) is 193 Å². The van der Waals surface area contributed by atoms with Gasteiger partial charge in [-0.05, 0) is 90.7 Å². The Kier molecular flexibility index (Phi) is 7.77. The van der Waals surface area contributed by atoms with Crippen molar-refractivity contribution in [1.29, 1.82) is 0 Å². The van der Waals surface area contributed by atoms with Crippen molar-refractivity contribution in [2.75, 3.05) is 0 Å². The second-order valence-corrected chi connectivity index (χ2v) is 14.7. The van der Waals surface area contributed by atoms with Crippen LogP contribution < -0.4 is 0 Å². The average Bonchev–Trinajstić information content (AvgIpc) is 3.49. The lowest BCUT2D eigenvalue weighted by Crippen LogP contribution is -2.15. The van der Waals surface area contributed by atoms with Crippen LogP contribution in [0.25, 0.3) is 89.4 Å². The summed E-state index contributed by atoms with van der Waals surface area (Å²) >= 11 is 0. The van der Waals surface area contributed by atoms with Crippen LogP contribution in [0.5, 0.6) is 0 Å². The summed E-state index contributed by atoms with van der Waals surface area (Å²) in [6.45, 7) is 4.71.